The van der Waals surface area contributed by atoms with E-state index in [9.17, 15) is 0 Å². The molecule has 0 aromatic rings. The number of ether oxygens (including phenoxy) is 1. The van der Waals surface area contributed by atoms with Crippen LogP contribution in [0.2, 0.25) is 0 Å². The Hall–Kier alpha value is -0.340. The molecule has 0 spiro atoms. The van der Waals surface area contributed by atoms with Gasteiger partial charge in [-0.25, -0.2) is 0 Å². The van der Waals surface area contributed by atoms with Gasteiger partial charge in [-0.1, -0.05) is 13.0 Å². The van der Waals surface area contributed by atoms with Gasteiger partial charge in [-0.3, -0.25) is 0 Å². The second-order valence-corrected chi connectivity index (χ2v) is 4.33. The predicted molar refractivity (Wildman–Crippen MR) is 71.9 cm³/mol. The lowest BCUT2D eigenvalue weighted by Gasteiger charge is -2.21. The minimum Gasteiger partial charge on any atom is -0.385 e. The van der Waals surface area contributed by atoms with Crippen LogP contribution in [0, 0.1) is 0 Å². The fraction of sp³-hybridized carbons (Fsp3) is 0.857. The van der Waals surface area contributed by atoms with Gasteiger partial charge in [-0.2, -0.15) is 0 Å². The minimum atomic E-state index is 0.907. The second kappa shape index (κ2) is 12.7. The normalized spacial score (nSPS) is 10.9. The van der Waals surface area contributed by atoms with E-state index in [2.05, 4.69) is 18.4 Å². The summed E-state index contributed by atoms with van der Waals surface area (Å²) in [6, 6.07) is 0. The summed E-state index contributed by atoms with van der Waals surface area (Å²) in [6.07, 6.45) is 9.45. The van der Waals surface area contributed by atoms with Crippen LogP contribution >= 0.6 is 0 Å². The second-order valence-electron chi connectivity index (χ2n) is 4.33. The molecule has 0 aliphatic rings. The van der Waals surface area contributed by atoms with Gasteiger partial charge in [0.05, 0.1) is 0 Å². The van der Waals surface area contributed by atoms with Crippen molar-refractivity contribution in [3.05, 3.63) is 12.7 Å². The van der Waals surface area contributed by atoms with E-state index in [1.807, 2.05) is 6.08 Å². The molecule has 0 radical (unpaired) electrons. The monoisotopic (exact) mass is 227 g/mol. The molecular formula is C14H29NO. The van der Waals surface area contributed by atoms with Gasteiger partial charge in [0.15, 0.2) is 0 Å². The third-order valence-corrected chi connectivity index (χ3v) is 2.75. The molecule has 0 unspecified atom stereocenters. The summed E-state index contributed by atoms with van der Waals surface area (Å²) in [4.78, 5) is 2.58. The van der Waals surface area contributed by atoms with E-state index in [1.54, 1.807) is 7.11 Å². The Morgan fingerprint density at radius 2 is 1.81 bits per heavy atom. The van der Waals surface area contributed by atoms with E-state index < -0.39 is 0 Å². The fourth-order valence-corrected chi connectivity index (χ4v) is 1.87. The average molecular weight is 227 g/mol. The molecule has 0 aliphatic heterocycles. The van der Waals surface area contributed by atoms with Crippen molar-refractivity contribution in [1.82, 2.24) is 4.90 Å². The molecule has 2 heteroatoms. The van der Waals surface area contributed by atoms with Crippen LogP contribution in [0.15, 0.2) is 12.7 Å². The molecule has 0 aliphatic carbocycles. The van der Waals surface area contributed by atoms with Gasteiger partial charge in [0.1, 0.15) is 0 Å². The van der Waals surface area contributed by atoms with Crippen LogP contribution < -0.4 is 0 Å². The minimum absolute atomic E-state index is 0.907. The lowest BCUT2D eigenvalue weighted by Crippen LogP contribution is -2.26. The molecule has 0 aromatic heterocycles. The third-order valence-electron chi connectivity index (χ3n) is 2.75. The van der Waals surface area contributed by atoms with Crippen molar-refractivity contribution < 1.29 is 4.74 Å². The fourth-order valence-electron chi connectivity index (χ4n) is 1.87. The van der Waals surface area contributed by atoms with Crippen LogP contribution in [-0.4, -0.2) is 38.3 Å². The number of hydrogen-bond acceptors (Lipinski definition) is 2. The molecular weight excluding hydrogens is 198 g/mol. The van der Waals surface area contributed by atoms with E-state index in [0.29, 0.717) is 0 Å². The average Bonchev–Trinajstić information content (AvgIpc) is 2.29. The van der Waals surface area contributed by atoms with Crippen LogP contribution in [0.3, 0.4) is 0 Å². The molecule has 0 heterocycles. The van der Waals surface area contributed by atoms with Crippen LogP contribution in [-0.2, 0) is 4.74 Å². The number of nitrogens with zero attached hydrogens (tertiary/aromatic N) is 1. The van der Waals surface area contributed by atoms with Gasteiger partial charge < -0.3 is 9.64 Å². The zero-order chi connectivity index (χ0) is 12.1. The summed E-state index contributed by atoms with van der Waals surface area (Å²) in [5, 5.41) is 0. The number of rotatable bonds is 12. The van der Waals surface area contributed by atoms with Crippen molar-refractivity contribution >= 4 is 0 Å². The quantitative estimate of drug-likeness (QED) is 0.374. The van der Waals surface area contributed by atoms with E-state index in [0.717, 1.165) is 13.0 Å². The summed E-state index contributed by atoms with van der Waals surface area (Å²) in [5.41, 5.74) is 0. The maximum absolute atomic E-state index is 5.05. The highest BCUT2D eigenvalue weighted by molar-refractivity contribution is 4.67. The molecule has 2 nitrogen and oxygen atoms in total. The summed E-state index contributed by atoms with van der Waals surface area (Å²) < 4.78 is 5.05. The summed E-state index contributed by atoms with van der Waals surface area (Å²) >= 11 is 0. The molecule has 0 rings (SSSR count). The first kappa shape index (κ1) is 15.7. The van der Waals surface area contributed by atoms with Crippen molar-refractivity contribution in [3.8, 4) is 0 Å². The highest BCUT2D eigenvalue weighted by Crippen LogP contribution is 2.02. The van der Waals surface area contributed by atoms with Gasteiger partial charge in [-0.15, -0.1) is 6.58 Å². The molecule has 0 saturated carbocycles. The van der Waals surface area contributed by atoms with Crippen LogP contribution in [0.25, 0.3) is 0 Å². The highest BCUT2D eigenvalue weighted by Gasteiger charge is 2.02. The van der Waals surface area contributed by atoms with Crippen LogP contribution in [0.5, 0.6) is 0 Å². The van der Waals surface area contributed by atoms with Gasteiger partial charge in [0.2, 0.25) is 0 Å². The number of methoxy groups -OCH3 is 1. The van der Waals surface area contributed by atoms with Crippen molar-refractivity contribution in [3.63, 3.8) is 0 Å². The Morgan fingerprint density at radius 3 is 2.44 bits per heavy atom. The van der Waals surface area contributed by atoms with Crippen LogP contribution in [0.4, 0.5) is 0 Å². The summed E-state index contributed by atoms with van der Waals surface area (Å²) in [5.74, 6) is 0. The van der Waals surface area contributed by atoms with Crippen molar-refractivity contribution in [1.29, 1.82) is 0 Å². The van der Waals surface area contributed by atoms with Gasteiger partial charge in [0, 0.05) is 13.7 Å². The Morgan fingerprint density at radius 1 is 1.06 bits per heavy atom. The zero-order valence-electron chi connectivity index (χ0n) is 11.2. The Kier molecular flexibility index (Phi) is 12.5. The first-order valence-electron chi connectivity index (χ1n) is 6.67. The van der Waals surface area contributed by atoms with E-state index in [4.69, 9.17) is 4.74 Å². The molecule has 96 valence electrons. The Balaban J connectivity index is 3.46. The largest absolute Gasteiger partial charge is 0.385 e. The van der Waals surface area contributed by atoms with Gasteiger partial charge >= 0.3 is 0 Å². The standard InChI is InChI=1S/C14H29NO/c1-4-6-8-12-15(11-5-2)13-9-7-10-14-16-3/h4H,1,5-14H2,2-3H3. The Bertz CT molecular complexity index is 148. The number of allylic oxidation sites excluding steroid dienone is 1. The molecule has 0 saturated heterocycles. The van der Waals surface area contributed by atoms with E-state index in [1.165, 1.54) is 51.7 Å². The summed E-state index contributed by atoms with van der Waals surface area (Å²) in [6.45, 7) is 10.6. The molecule has 0 N–H and O–H groups in total. The SMILES string of the molecule is C=CCCCN(CCC)CCCCCOC. The topological polar surface area (TPSA) is 12.5 Å². The first-order valence-corrected chi connectivity index (χ1v) is 6.67. The molecule has 0 amide bonds. The lowest BCUT2D eigenvalue weighted by molar-refractivity contribution is 0.188. The smallest absolute Gasteiger partial charge is 0.0462 e. The van der Waals surface area contributed by atoms with Crippen molar-refractivity contribution in [2.75, 3.05) is 33.4 Å². The molecule has 16 heavy (non-hydrogen) atoms. The summed E-state index contributed by atoms with van der Waals surface area (Å²) in [7, 11) is 1.78. The molecule has 0 atom stereocenters. The number of unbranched alkanes of at least 4 members (excludes halogenated alkanes) is 3. The van der Waals surface area contributed by atoms with Gasteiger partial charge in [-0.05, 0) is 58.2 Å². The van der Waals surface area contributed by atoms with Gasteiger partial charge in [0.25, 0.3) is 0 Å². The van der Waals surface area contributed by atoms with Crippen molar-refractivity contribution in [2.24, 2.45) is 0 Å². The Labute approximate surface area is 102 Å². The number of hydrogen-bond donors (Lipinski definition) is 0. The maximum atomic E-state index is 5.05. The molecule has 0 fully saturated rings. The molecule has 0 bridgehead atoms. The molecule has 0 aromatic carbocycles. The first-order chi connectivity index (χ1) is 7.85. The van der Waals surface area contributed by atoms with Crippen molar-refractivity contribution in [2.45, 2.75) is 45.4 Å². The predicted octanol–water partition coefficient (Wildman–Crippen LogP) is 3.48. The third kappa shape index (κ3) is 10.2. The van der Waals surface area contributed by atoms with E-state index in [-0.39, 0.29) is 0 Å². The van der Waals surface area contributed by atoms with Crippen LogP contribution in [0.1, 0.15) is 45.4 Å². The highest BCUT2D eigenvalue weighted by atomic mass is 16.5. The lowest BCUT2D eigenvalue weighted by atomic mass is 10.2. The maximum Gasteiger partial charge on any atom is 0.0462 e. The van der Waals surface area contributed by atoms with E-state index >= 15 is 0 Å². The zero-order valence-corrected chi connectivity index (χ0v) is 11.2.